The fraction of sp³-hybridized carbons (Fsp3) is 0.308. The Bertz CT molecular complexity index is 1390. The zero-order valence-corrected chi connectivity index (χ0v) is 19.8. The maximum Gasteiger partial charge on any atom is 0.269 e. The van der Waals surface area contributed by atoms with Crippen LogP contribution in [0.4, 0.5) is 5.82 Å². The number of nitrogens with zero attached hydrogens (tertiary/aromatic N) is 3. The summed E-state index contributed by atoms with van der Waals surface area (Å²) in [5, 5.41) is 4.34. The van der Waals surface area contributed by atoms with Crippen molar-refractivity contribution in [3.05, 3.63) is 71.9 Å². The molecule has 0 amide bonds. The number of nitrogens with one attached hydrogen (secondary N) is 1. The molecule has 1 N–H and O–H groups in total. The van der Waals surface area contributed by atoms with Crippen molar-refractivity contribution < 1.29 is 8.42 Å². The van der Waals surface area contributed by atoms with Crippen molar-refractivity contribution in [1.82, 2.24) is 13.9 Å². The summed E-state index contributed by atoms with van der Waals surface area (Å²) >= 11 is 0. The smallest absolute Gasteiger partial charge is 0.269 e. The number of hydrogen-bond donors (Lipinski definition) is 1. The van der Waals surface area contributed by atoms with Crippen LogP contribution < -0.4 is 5.32 Å². The Morgan fingerprint density at radius 3 is 2.30 bits per heavy atom. The minimum Gasteiger partial charge on any atom is -0.367 e. The van der Waals surface area contributed by atoms with E-state index in [1.807, 2.05) is 55.5 Å². The first-order chi connectivity index (χ1) is 15.9. The topological polar surface area (TPSA) is 76.9 Å². The van der Waals surface area contributed by atoms with Crippen molar-refractivity contribution in [2.75, 3.05) is 5.32 Å². The zero-order chi connectivity index (χ0) is 23.0. The normalized spacial score (nSPS) is 15.1. The van der Waals surface area contributed by atoms with Crippen LogP contribution in [0, 0.1) is 13.8 Å². The van der Waals surface area contributed by atoms with Crippen LogP contribution in [0.3, 0.4) is 0 Å². The lowest BCUT2D eigenvalue weighted by Gasteiger charge is -2.23. The van der Waals surface area contributed by atoms with Crippen molar-refractivity contribution in [2.45, 2.75) is 56.9 Å². The molecule has 0 unspecified atom stereocenters. The number of anilines is 1. The molecule has 1 aliphatic rings. The van der Waals surface area contributed by atoms with Crippen LogP contribution in [0.15, 0.2) is 65.6 Å². The third-order valence-corrected chi connectivity index (χ3v) is 8.14. The van der Waals surface area contributed by atoms with Gasteiger partial charge in [-0.1, -0.05) is 67.3 Å². The lowest BCUT2D eigenvalue weighted by molar-refractivity contribution is 0.462. The lowest BCUT2D eigenvalue weighted by Crippen LogP contribution is -2.23. The first-order valence-corrected chi connectivity index (χ1v) is 12.9. The van der Waals surface area contributed by atoms with Gasteiger partial charge in [-0.15, -0.1) is 0 Å². The number of aromatic nitrogens is 3. The van der Waals surface area contributed by atoms with Gasteiger partial charge in [0.15, 0.2) is 11.5 Å². The van der Waals surface area contributed by atoms with Gasteiger partial charge in [-0.3, -0.25) is 0 Å². The molecule has 4 aromatic rings. The Kier molecular flexibility index (Phi) is 5.66. The predicted octanol–water partition coefficient (Wildman–Crippen LogP) is 5.70. The molecule has 2 aromatic carbocycles. The molecule has 1 saturated carbocycles. The van der Waals surface area contributed by atoms with Crippen LogP contribution in [-0.4, -0.2) is 28.4 Å². The molecule has 2 heterocycles. The van der Waals surface area contributed by atoms with E-state index in [2.05, 4.69) is 5.32 Å². The summed E-state index contributed by atoms with van der Waals surface area (Å²) in [5.74, 6) is 1.21. The van der Waals surface area contributed by atoms with Gasteiger partial charge in [0.05, 0.1) is 10.3 Å². The molecule has 0 saturated heterocycles. The average molecular weight is 461 g/mol. The minimum absolute atomic E-state index is 0.246. The van der Waals surface area contributed by atoms with Gasteiger partial charge in [0.25, 0.3) is 10.0 Å². The summed E-state index contributed by atoms with van der Waals surface area (Å²) in [6, 6.07) is 18.8. The highest BCUT2D eigenvalue weighted by Crippen LogP contribution is 2.32. The molecule has 170 valence electrons. The SMILES string of the molecule is Cc1ccc(S(=O)(=O)n2c(C)cc3c(NC4CCCCC4)nc(-c4ccccc4)nc32)cc1. The highest BCUT2D eigenvalue weighted by molar-refractivity contribution is 7.90. The minimum atomic E-state index is -3.82. The molecule has 0 bridgehead atoms. The number of fused-ring (bicyclic) bond motifs is 1. The van der Waals surface area contributed by atoms with E-state index in [1.54, 1.807) is 19.1 Å². The Balaban J connectivity index is 1.71. The average Bonchev–Trinajstić information content (AvgIpc) is 3.17. The van der Waals surface area contributed by atoms with Gasteiger partial charge >= 0.3 is 0 Å². The molecular formula is C26H28N4O2S. The molecule has 6 nitrogen and oxygen atoms in total. The van der Waals surface area contributed by atoms with Gasteiger partial charge in [0, 0.05) is 17.3 Å². The molecule has 0 atom stereocenters. The molecule has 0 radical (unpaired) electrons. The fourth-order valence-corrected chi connectivity index (χ4v) is 6.06. The first kappa shape index (κ1) is 21.6. The molecule has 5 rings (SSSR count). The predicted molar refractivity (Wildman–Crippen MR) is 132 cm³/mol. The van der Waals surface area contributed by atoms with Crippen LogP contribution in [-0.2, 0) is 10.0 Å². The molecule has 7 heteroatoms. The molecular weight excluding hydrogens is 432 g/mol. The quantitative estimate of drug-likeness (QED) is 0.414. The third kappa shape index (κ3) is 4.13. The van der Waals surface area contributed by atoms with Crippen molar-refractivity contribution in [2.24, 2.45) is 0 Å². The van der Waals surface area contributed by atoms with Crippen LogP contribution in [0.25, 0.3) is 22.4 Å². The van der Waals surface area contributed by atoms with Crippen LogP contribution >= 0.6 is 0 Å². The maximum atomic E-state index is 13.7. The van der Waals surface area contributed by atoms with Gasteiger partial charge in [-0.2, -0.15) is 0 Å². The highest BCUT2D eigenvalue weighted by atomic mass is 32.2. The second-order valence-electron chi connectivity index (χ2n) is 8.85. The summed E-state index contributed by atoms with van der Waals surface area (Å²) in [6.45, 7) is 3.75. The first-order valence-electron chi connectivity index (χ1n) is 11.5. The highest BCUT2D eigenvalue weighted by Gasteiger charge is 2.26. The maximum absolute atomic E-state index is 13.7. The summed E-state index contributed by atoms with van der Waals surface area (Å²) in [4.78, 5) is 9.86. The van der Waals surface area contributed by atoms with Crippen molar-refractivity contribution in [3.8, 4) is 11.4 Å². The largest absolute Gasteiger partial charge is 0.367 e. The Labute approximate surface area is 194 Å². The van der Waals surface area contributed by atoms with Crippen molar-refractivity contribution >= 4 is 26.9 Å². The lowest BCUT2D eigenvalue weighted by atomic mass is 9.95. The number of aryl methyl sites for hydroxylation is 2. The summed E-state index contributed by atoms with van der Waals surface area (Å²) in [7, 11) is -3.82. The summed E-state index contributed by atoms with van der Waals surface area (Å²) in [6.07, 6.45) is 5.83. The van der Waals surface area contributed by atoms with E-state index >= 15 is 0 Å². The Morgan fingerprint density at radius 1 is 0.909 bits per heavy atom. The second kappa shape index (κ2) is 8.63. The standard InChI is InChI=1S/C26H28N4O2S/c1-18-13-15-22(16-14-18)33(31,32)30-19(2)17-23-25(27-21-11-7-4-8-12-21)28-24(29-26(23)30)20-9-5-3-6-10-20/h3,5-6,9-10,13-17,21H,4,7-8,11-12H2,1-2H3,(H,27,28,29). The molecule has 33 heavy (non-hydrogen) atoms. The molecule has 2 aromatic heterocycles. The van der Waals surface area contributed by atoms with Gasteiger partial charge in [-0.25, -0.2) is 22.4 Å². The Morgan fingerprint density at radius 2 is 1.61 bits per heavy atom. The van der Waals surface area contributed by atoms with E-state index in [-0.39, 0.29) is 4.90 Å². The van der Waals surface area contributed by atoms with Gasteiger partial charge < -0.3 is 5.32 Å². The van der Waals surface area contributed by atoms with E-state index in [0.29, 0.717) is 29.0 Å². The monoisotopic (exact) mass is 460 g/mol. The number of benzene rings is 2. The molecule has 1 aliphatic carbocycles. The fourth-order valence-electron chi connectivity index (χ4n) is 4.57. The van der Waals surface area contributed by atoms with E-state index < -0.39 is 10.0 Å². The van der Waals surface area contributed by atoms with E-state index in [1.165, 1.54) is 23.2 Å². The van der Waals surface area contributed by atoms with Crippen LogP contribution in [0.5, 0.6) is 0 Å². The van der Waals surface area contributed by atoms with Crippen molar-refractivity contribution in [3.63, 3.8) is 0 Å². The van der Waals surface area contributed by atoms with Gasteiger partial charge in [-0.05, 0) is 44.9 Å². The zero-order valence-electron chi connectivity index (χ0n) is 19.0. The third-order valence-electron chi connectivity index (χ3n) is 6.33. The van der Waals surface area contributed by atoms with Gasteiger partial charge in [0.1, 0.15) is 5.82 Å². The van der Waals surface area contributed by atoms with Gasteiger partial charge in [0.2, 0.25) is 0 Å². The molecule has 0 aliphatic heterocycles. The van der Waals surface area contributed by atoms with Crippen molar-refractivity contribution in [1.29, 1.82) is 0 Å². The summed E-state index contributed by atoms with van der Waals surface area (Å²) in [5.41, 5.74) is 2.87. The van der Waals surface area contributed by atoms with E-state index in [4.69, 9.17) is 9.97 Å². The van der Waals surface area contributed by atoms with E-state index in [9.17, 15) is 8.42 Å². The number of rotatable bonds is 5. The molecule has 0 spiro atoms. The summed E-state index contributed by atoms with van der Waals surface area (Å²) < 4.78 is 28.7. The van der Waals surface area contributed by atoms with E-state index in [0.717, 1.165) is 29.4 Å². The Hall–Kier alpha value is -3.19. The molecule has 1 fully saturated rings. The second-order valence-corrected chi connectivity index (χ2v) is 10.6. The van der Waals surface area contributed by atoms with Crippen LogP contribution in [0.2, 0.25) is 0 Å². The number of hydrogen-bond acceptors (Lipinski definition) is 5. The van der Waals surface area contributed by atoms with Crippen LogP contribution in [0.1, 0.15) is 43.4 Å².